The predicted octanol–water partition coefficient (Wildman–Crippen LogP) is 1.49. The van der Waals surface area contributed by atoms with Gasteiger partial charge in [-0.3, -0.25) is 0 Å². The largest absolute Gasteiger partial charge is 0.326 e. The van der Waals surface area contributed by atoms with Crippen LogP contribution in [0.5, 0.6) is 0 Å². The highest BCUT2D eigenvalue weighted by atomic mass is 32.2. The monoisotopic (exact) mass is 317 g/mol. The van der Waals surface area contributed by atoms with E-state index in [1.54, 1.807) is 22.8 Å². The Morgan fingerprint density at radius 1 is 1.42 bits per heavy atom. The number of hydrogen-bond acceptors (Lipinski definition) is 6. The number of rotatable bonds is 6. The first kappa shape index (κ1) is 14.6. The van der Waals surface area contributed by atoms with Crippen molar-refractivity contribution in [3.63, 3.8) is 0 Å². The first-order chi connectivity index (χ1) is 9.03. The maximum atomic E-state index is 12.1. The molecule has 0 saturated carbocycles. The van der Waals surface area contributed by atoms with Crippen molar-refractivity contribution in [2.24, 2.45) is 5.73 Å². The van der Waals surface area contributed by atoms with Gasteiger partial charge < -0.3 is 5.73 Å². The summed E-state index contributed by atoms with van der Waals surface area (Å²) in [5, 5.41) is 4.67. The summed E-state index contributed by atoms with van der Waals surface area (Å²) in [5.74, 6) is 0. The van der Waals surface area contributed by atoms with Crippen LogP contribution >= 0.6 is 22.7 Å². The number of sulfonamides is 1. The number of thiophene rings is 1. The lowest BCUT2D eigenvalue weighted by molar-refractivity contribution is 0.581. The molecule has 0 bridgehead atoms. The van der Waals surface area contributed by atoms with Crippen LogP contribution in [-0.4, -0.2) is 19.9 Å². The van der Waals surface area contributed by atoms with Crippen LogP contribution in [0.1, 0.15) is 15.6 Å². The van der Waals surface area contributed by atoms with Crippen molar-refractivity contribution in [2.75, 3.05) is 6.54 Å². The standard InChI is InChI=1S/C11H15N3O2S3/c1-8-14-9(7-18-8)2-4-13-19(15,16)11-3-5-17-10(11)6-12/h3,5,7,13H,2,4,6,12H2,1H3. The SMILES string of the molecule is Cc1nc(CCNS(=O)(=O)c2ccsc2CN)cs1. The Hall–Kier alpha value is -0.800. The molecule has 0 fully saturated rings. The van der Waals surface area contributed by atoms with E-state index in [9.17, 15) is 8.42 Å². The molecular weight excluding hydrogens is 302 g/mol. The van der Waals surface area contributed by atoms with Gasteiger partial charge in [0, 0.05) is 29.8 Å². The molecule has 0 aliphatic rings. The molecule has 5 nitrogen and oxygen atoms in total. The summed E-state index contributed by atoms with van der Waals surface area (Å²) >= 11 is 2.92. The molecule has 0 spiro atoms. The van der Waals surface area contributed by atoms with Gasteiger partial charge in [-0.1, -0.05) is 0 Å². The molecule has 2 aromatic rings. The Kier molecular flexibility index (Phi) is 4.69. The summed E-state index contributed by atoms with van der Waals surface area (Å²) in [5.41, 5.74) is 6.44. The summed E-state index contributed by atoms with van der Waals surface area (Å²) in [4.78, 5) is 5.26. The van der Waals surface area contributed by atoms with Crippen LogP contribution < -0.4 is 10.5 Å². The topological polar surface area (TPSA) is 85.1 Å². The lowest BCUT2D eigenvalue weighted by Crippen LogP contribution is -2.26. The summed E-state index contributed by atoms with van der Waals surface area (Å²) in [7, 11) is -3.47. The van der Waals surface area contributed by atoms with Crippen LogP contribution in [0.25, 0.3) is 0 Å². The molecular formula is C11H15N3O2S3. The van der Waals surface area contributed by atoms with Crippen LogP contribution in [-0.2, 0) is 23.0 Å². The van der Waals surface area contributed by atoms with E-state index in [0.717, 1.165) is 10.7 Å². The van der Waals surface area contributed by atoms with Gasteiger partial charge in [0.05, 0.1) is 15.6 Å². The number of nitrogens with two attached hydrogens (primary N) is 1. The van der Waals surface area contributed by atoms with Crippen LogP contribution in [0.3, 0.4) is 0 Å². The van der Waals surface area contributed by atoms with E-state index in [2.05, 4.69) is 9.71 Å². The average Bonchev–Trinajstić information content (AvgIpc) is 2.97. The van der Waals surface area contributed by atoms with Crippen molar-refractivity contribution in [1.82, 2.24) is 9.71 Å². The molecule has 2 aromatic heterocycles. The predicted molar refractivity (Wildman–Crippen MR) is 78.0 cm³/mol. The molecule has 8 heteroatoms. The number of nitrogens with zero attached hydrogens (tertiary/aromatic N) is 1. The second-order valence-corrected chi connectivity index (χ2v) is 7.72. The van der Waals surface area contributed by atoms with Crippen molar-refractivity contribution < 1.29 is 8.42 Å². The third-order valence-corrected chi connectivity index (χ3v) is 5.96. The fourth-order valence-electron chi connectivity index (χ4n) is 1.63. The molecule has 19 heavy (non-hydrogen) atoms. The molecule has 104 valence electrons. The highest BCUT2D eigenvalue weighted by Gasteiger charge is 2.18. The fourth-order valence-corrected chi connectivity index (χ4v) is 4.64. The zero-order valence-electron chi connectivity index (χ0n) is 10.4. The summed E-state index contributed by atoms with van der Waals surface area (Å²) in [6, 6.07) is 1.59. The van der Waals surface area contributed by atoms with Crippen molar-refractivity contribution in [1.29, 1.82) is 0 Å². The van der Waals surface area contributed by atoms with Gasteiger partial charge in [0.1, 0.15) is 0 Å². The normalized spacial score (nSPS) is 11.9. The van der Waals surface area contributed by atoms with E-state index in [1.165, 1.54) is 11.3 Å². The molecule has 0 aromatic carbocycles. The molecule has 2 heterocycles. The van der Waals surface area contributed by atoms with Crippen LogP contribution in [0.4, 0.5) is 0 Å². The minimum Gasteiger partial charge on any atom is -0.326 e. The third-order valence-electron chi connectivity index (χ3n) is 2.52. The van der Waals surface area contributed by atoms with Gasteiger partial charge in [-0.05, 0) is 18.4 Å². The van der Waals surface area contributed by atoms with E-state index in [1.807, 2.05) is 12.3 Å². The first-order valence-corrected chi connectivity index (χ1v) is 8.94. The Balaban J connectivity index is 1.98. The Morgan fingerprint density at radius 3 is 2.84 bits per heavy atom. The Labute approximate surface area is 120 Å². The van der Waals surface area contributed by atoms with Gasteiger partial charge in [0.25, 0.3) is 0 Å². The molecule has 0 amide bonds. The highest BCUT2D eigenvalue weighted by molar-refractivity contribution is 7.89. The number of hydrogen-bond donors (Lipinski definition) is 2. The highest BCUT2D eigenvalue weighted by Crippen LogP contribution is 2.21. The second kappa shape index (κ2) is 6.10. The van der Waals surface area contributed by atoms with Gasteiger partial charge in [0.15, 0.2) is 0 Å². The minimum atomic E-state index is -3.47. The summed E-state index contributed by atoms with van der Waals surface area (Å²) in [6.45, 7) is 2.50. The minimum absolute atomic E-state index is 0.235. The summed E-state index contributed by atoms with van der Waals surface area (Å²) in [6.07, 6.45) is 0.589. The van der Waals surface area contributed by atoms with Gasteiger partial charge in [-0.15, -0.1) is 22.7 Å². The number of aromatic nitrogens is 1. The van der Waals surface area contributed by atoms with Crippen molar-refractivity contribution in [3.05, 3.63) is 32.4 Å². The van der Waals surface area contributed by atoms with Crippen LogP contribution in [0.2, 0.25) is 0 Å². The summed E-state index contributed by atoms with van der Waals surface area (Å²) < 4.78 is 26.8. The molecule has 0 radical (unpaired) electrons. The van der Waals surface area contributed by atoms with Crippen LogP contribution in [0.15, 0.2) is 21.7 Å². The smallest absolute Gasteiger partial charge is 0.241 e. The average molecular weight is 317 g/mol. The molecule has 2 rings (SSSR count). The number of nitrogens with one attached hydrogen (secondary N) is 1. The second-order valence-electron chi connectivity index (χ2n) is 3.92. The van der Waals surface area contributed by atoms with Gasteiger partial charge >= 0.3 is 0 Å². The zero-order valence-corrected chi connectivity index (χ0v) is 12.9. The molecule has 0 saturated heterocycles. The maximum absolute atomic E-state index is 12.1. The van der Waals surface area contributed by atoms with Crippen LogP contribution in [0, 0.1) is 6.92 Å². The maximum Gasteiger partial charge on any atom is 0.241 e. The van der Waals surface area contributed by atoms with E-state index in [4.69, 9.17) is 5.73 Å². The molecule has 0 unspecified atom stereocenters. The number of thiazole rings is 1. The van der Waals surface area contributed by atoms with E-state index in [0.29, 0.717) is 17.8 Å². The van der Waals surface area contributed by atoms with Gasteiger partial charge in [0.2, 0.25) is 10.0 Å². The Morgan fingerprint density at radius 2 is 2.21 bits per heavy atom. The van der Waals surface area contributed by atoms with Crippen molar-refractivity contribution in [3.8, 4) is 0 Å². The lowest BCUT2D eigenvalue weighted by Gasteiger charge is -2.06. The first-order valence-electron chi connectivity index (χ1n) is 5.70. The third kappa shape index (κ3) is 3.61. The lowest BCUT2D eigenvalue weighted by atomic mass is 10.3. The number of aryl methyl sites for hydroxylation is 1. The van der Waals surface area contributed by atoms with Gasteiger partial charge in [-0.25, -0.2) is 18.1 Å². The molecule has 0 aliphatic carbocycles. The quantitative estimate of drug-likeness (QED) is 0.845. The van der Waals surface area contributed by atoms with E-state index in [-0.39, 0.29) is 11.4 Å². The molecule has 0 atom stereocenters. The molecule has 0 aliphatic heterocycles. The fraction of sp³-hybridized carbons (Fsp3) is 0.364. The van der Waals surface area contributed by atoms with E-state index < -0.39 is 10.0 Å². The molecule has 3 N–H and O–H groups in total. The van der Waals surface area contributed by atoms with Crippen molar-refractivity contribution in [2.45, 2.75) is 24.8 Å². The zero-order chi connectivity index (χ0) is 13.9. The van der Waals surface area contributed by atoms with Crippen molar-refractivity contribution >= 4 is 32.7 Å². The van der Waals surface area contributed by atoms with Gasteiger partial charge in [-0.2, -0.15) is 0 Å². The van der Waals surface area contributed by atoms with E-state index >= 15 is 0 Å². The Bertz CT molecular complexity index is 646.